The minimum Gasteiger partial charge on any atom is -0.480 e. The maximum absolute atomic E-state index is 12.4. The number of carbonyl (C=O) groups is 2. The van der Waals surface area contributed by atoms with Gasteiger partial charge in [-0.15, -0.1) is 0 Å². The highest BCUT2D eigenvalue weighted by Gasteiger charge is 2.50. The molecule has 0 bridgehead atoms. The summed E-state index contributed by atoms with van der Waals surface area (Å²) in [7, 11) is 0. The predicted molar refractivity (Wildman–Crippen MR) is 64.4 cm³/mol. The Kier molecular flexibility index (Phi) is 5.20. The van der Waals surface area contributed by atoms with Crippen molar-refractivity contribution in [2.24, 2.45) is 0 Å². The third-order valence-electron chi connectivity index (χ3n) is 2.47. The lowest BCUT2D eigenvalue weighted by Gasteiger charge is -2.13. The number of amides is 1. The van der Waals surface area contributed by atoms with Gasteiger partial charge in [-0.3, -0.25) is 4.79 Å². The monoisotopic (exact) mass is 301 g/mol. The molecular formula is C12H10F3N3O3. The van der Waals surface area contributed by atoms with E-state index in [0.717, 1.165) is 0 Å². The van der Waals surface area contributed by atoms with Crippen molar-refractivity contribution < 1.29 is 32.7 Å². The first-order valence-corrected chi connectivity index (χ1v) is 5.62. The summed E-state index contributed by atoms with van der Waals surface area (Å²) in [6.07, 6.45) is -5.40. The van der Waals surface area contributed by atoms with E-state index in [2.05, 4.69) is 0 Å². The number of benzene rings is 1. The Morgan fingerprint density at radius 2 is 1.86 bits per heavy atom. The second kappa shape index (κ2) is 6.67. The van der Waals surface area contributed by atoms with Crippen LogP contribution >= 0.6 is 0 Å². The van der Waals surface area contributed by atoms with E-state index >= 15 is 0 Å². The highest BCUT2D eigenvalue weighted by Crippen LogP contribution is 2.16. The van der Waals surface area contributed by atoms with Crippen LogP contribution in [0.25, 0.3) is 5.53 Å². The van der Waals surface area contributed by atoms with E-state index < -0.39 is 29.8 Å². The van der Waals surface area contributed by atoms with Crippen molar-refractivity contribution in [2.75, 3.05) is 0 Å². The van der Waals surface area contributed by atoms with E-state index in [1.807, 2.05) is 4.79 Å². The van der Waals surface area contributed by atoms with Crippen LogP contribution in [0.5, 0.6) is 0 Å². The first kappa shape index (κ1) is 16.4. The number of alkyl halides is 3. The standard InChI is InChI=1S/C12H10F3N3O3/c13-12(14,15)9(18-16)10(19)17-8(11(20)21)6-7-4-2-1-3-5-7/h1-5,8H,6H2,(H,17,19)(H,20,21)/t8-/m0/s1. The third-order valence-corrected chi connectivity index (χ3v) is 2.47. The topological polar surface area (TPSA) is 103 Å². The third kappa shape index (κ3) is 4.73. The van der Waals surface area contributed by atoms with Crippen LogP contribution in [0.15, 0.2) is 30.3 Å². The minimum absolute atomic E-state index is 0.210. The highest BCUT2D eigenvalue weighted by atomic mass is 19.4. The number of halogens is 3. The molecule has 1 aromatic rings. The van der Waals surface area contributed by atoms with Gasteiger partial charge < -0.3 is 16.0 Å². The fourth-order valence-electron chi connectivity index (χ4n) is 1.51. The predicted octanol–water partition coefficient (Wildman–Crippen LogP) is 1.03. The summed E-state index contributed by atoms with van der Waals surface area (Å²) in [5, 5.41) is 10.6. The van der Waals surface area contributed by atoms with Crippen LogP contribution in [0.2, 0.25) is 0 Å². The number of rotatable bonds is 5. The van der Waals surface area contributed by atoms with E-state index in [9.17, 15) is 22.8 Å². The smallest absolute Gasteiger partial charge is 0.480 e. The van der Waals surface area contributed by atoms with Crippen LogP contribution in [0.1, 0.15) is 5.56 Å². The SMILES string of the molecule is [N-]=[N+]=C(C(=O)N[C@@H](Cc1ccccc1)C(=O)O)C(F)(F)F. The summed E-state index contributed by atoms with van der Waals surface area (Å²) in [6.45, 7) is 0. The molecule has 9 heteroatoms. The number of nitrogens with zero attached hydrogens (tertiary/aromatic N) is 2. The molecule has 1 rings (SSSR count). The molecule has 0 saturated carbocycles. The van der Waals surface area contributed by atoms with Crippen molar-refractivity contribution in [1.29, 1.82) is 0 Å². The van der Waals surface area contributed by atoms with Gasteiger partial charge in [0.2, 0.25) is 0 Å². The first-order valence-electron chi connectivity index (χ1n) is 5.62. The molecule has 6 nitrogen and oxygen atoms in total. The van der Waals surface area contributed by atoms with Crippen molar-refractivity contribution >= 4 is 17.6 Å². The lowest BCUT2D eigenvalue weighted by atomic mass is 10.1. The second-order valence-electron chi connectivity index (χ2n) is 4.00. The van der Waals surface area contributed by atoms with Gasteiger partial charge >= 0.3 is 23.8 Å². The molecule has 1 atom stereocenters. The zero-order valence-electron chi connectivity index (χ0n) is 10.5. The van der Waals surface area contributed by atoms with Gasteiger partial charge in [0.05, 0.1) is 0 Å². The van der Waals surface area contributed by atoms with Gasteiger partial charge in [0.25, 0.3) is 0 Å². The fraction of sp³-hybridized carbons (Fsp3) is 0.250. The van der Waals surface area contributed by atoms with Crippen molar-refractivity contribution in [2.45, 2.75) is 18.6 Å². The number of carboxylic acids is 1. The molecule has 0 radical (unpaired) electrons. The minimum atomic E-state index is -5.19. The summed E-state index contributed by atoms with van der Waals surface area (Å²) >= 11 is 0. The van der Waals surface area contributed by atoms with Crippen LogP contribution in [-0.2, 0) is 16.0 Å². The molecule has 0 aliphatic rings. The van der Waals surface area contributed by atoms with Crippen molar-refractivity contribution in [1.82, 2.24) is 5.32 Å². The molecule has 0 aromatic heterocycles. The van der Waals surface area contributed by atoms with E-state index in [1.54, 1.807) is 35.6 Å². The number of aliphatic carboxylic acids is 1. The highest BCUT2D eigenvalue weighted by molar-refractivity contribution is 6.38. The molecule has 112 valence electrons. The zero-order valence-corrected chi connectivity index (χ0v) is 10.5. The van der Waals surface area contributed by atoms with Crippen LogP contribution in [0.3, 0.4) is 0 Å². The second-order valence-corrected chi connectivity index (χ2v) is 4.00. The van der Waals surface area contributed by atoms with Crippen LogP contribution in [-0.4, -0.2) is 39.7 Å². The molecule has 21 heavy (non-hydrogen) atoms. The van der Waals surface area contributed by atoms with E-state index in [1.165, 1.54) is 0 Å². The summed E-state index contributed by atoms with van der Waals surface area (Å²) < 4.78 is 37.1. The number of hydrogen-bond acceptors (Lipinski definition) is 2. The van der Waals surface area contributed by atoms with Gasteiger partial charge in [-0.2, -0.15) is 18.0 Å². The Morgan fingerprint density at radius 3 is 2.29 bits per heavy atom. The lowest BCUT2D eigenvalue weighted by molar-refractivity contribution is -0.145. The molecule has 0 heterocycles. The zero-order chi connectivity index (χ0) is 16.0. The number of hydrogen-bond donors (Lipinski definition) is 2. The Bertz CT molecular complexity index is 580. The van der Waals surface area contributed by atoms with Crippen LogP contribution in [0.4, 0.5) is 13.2 Å². The van der Waals surface area contributed by atoms with Crippen LogP contribution in [0, 0.1) is 0 Å². The summed E-state index contributed by atoms with van der Waals surface area (Å²) in [4.78, 5) is 24.2. The summed E-state index contributed by atoms with van der Waals surface area (Å²) in [6, 6.07) is 6.45. The Hall–Kier alpha value is -2.67. The molecule has 0 aliphatic carbocycles. The molecule has 0 spiro atoms. The first-order chi connectivity index (χ1) is 9.75. The molecule has 1 aromatic carbocycles. The number of nitrogens with one attached hydrogen (secondary N) is 1. The molecule has 0 saturated heterocycles. The molecule has 1 amide bonds. The molecule has 0 unspecified atom stereocenters. The molecule has 2 N–H and O–H groups in total. The number of carbonyl (C=O) groups excluding carboxylic acids is 1. The van der Waals surface area contributed by atoms with Crippen molar-refractivity contribution in [3.8, 4) is 0 Å². The Morgan fingerprint density at radius 1 is 1.29 bits per heavy atom. The average Bonchev–Trinajstić information content (AvgIpc) is 2.38. The van der Waals surface area contributed by atoms with Gasteiger partial charge in [0, 0.05) is 6.42 Å². The molecule has 0 aliphatic heterocycles. The summed E-state index contributed by atoms with van der Waals surface area (Å²) in [5.41, 5.74) is 6.64. The van der Waals surface area contributed by atoms with Gasteiger partial charge in [0.1, 0.15) is 6.04 Å². The van der Waals surface area contributed by atoms with Crippen molar-refractivity contribution in [3.05, 3.63) is 41.4 Å². The quantitative estimate of drug-likeness (QED) is 0.482. The van der Waals surface area contributed by atoms with E-state index in [0.29, 0.717) is 5.56 Å². The average molecular weight is 301 g/mol. The van der Waals surface area contributed by atoms with Crippen LogP contribution < -0.4 is 5.32 Å². The molecular weight excluding hydrogens is 291 g/mol. The Labute approximate surface area is 116 Å². The molecule has 0 fully saturated rings. The van der Waals surface area contributed by atoms with E-state index in [4.69, 9.17) is 10.6 Å². The van der Waals surface area contributed by atoms with Gasteiger partial charge in [-0.05, 0) is 5.56 Å². The lowest BCUT2D eigenvalue weighted by Crippen LogP contribution is -2.49. The van der Waals surface area contributed by atoms with Gasteiger partial charge in [-0.1, -0.05) is 30.3 Å². The largest absolute Gasteiger partial charge is 0.501 e. The number of carboxylic acid groups (broad SMARTS) is 1. The van der Waals surface area contributed by atoms with Crippen molar-refractivity contribution in [3.63, 3.8) is 0 Å². The van der Waals surface area contributed by atoms with Gasteiger partial charge in [0.15, 0.2) is 0 Å². The summed E-state index contributed by atoms with van der Waals surface area (Å²) in [5.74, 6) is -3.32. The maximum Gasteiger partial charge on any atom is 0.501 e. The van der Waals surface area contributed by atoms with E-state index in [-0.39, 0.29) is 6.42 Å². The maximum atomic E-state index is 12.4. The van der Waals surface area contributed by atoms with Gasteiger partial charge in [-0.25, -0.2) is 4.79 Å². The Balaban J connectivity index is 2.87. The fourth-order valence-corrected chi connectivity index (χ4v) is 1.51. The normalized spacial score (nSPS) is 12.1.